The standard InChI is InChI=1S/C12H11ClN2O3S2/c1-12(5-10(12)13)20(17,18)15-11(16)7-2-3-8-9(4-7)19-6-14-8/h2-4,6,10H,5H2,1H3,(H,15,16). The van der Waals surface area contributed by atoms with Gasteiger partial charge in [0.2, 0.25) is 10.0 Å². The summed E-state index contributed by atoms with van der Waals surface area (Å²) in [7, 11) is -3.77. The number of carbonyl (C=O) groups excluding carboxylic acids is 1. The maximum absolute atomic E-state index is 12.1. The Kier molecular flexibility index (Phi) is 3.04. The van der Waals surface area contributed by atoms with Crippen molar-refractivity contribution >= 4 is 49.1 Å². The highest BCUT2D eigenvalue weighted by atomic mass is 35.5. The molecule has 20 heavy (non-hydrogen) atoms. The van der Waals surface area contributed by atoms with Crippen molar-refractivity contribution in [3.8, 4) is 0 Å². The first kappa shape index (κ1) is 13.8. The Balaban J connectivity index is 1.86. The van der Waals surface area contributed by atoms with Crippen LogP contribution in [0.2, 0.25) is 0 Å². The Morgan fingerprint density at radius 2 is 2.25 bits per heavy atom. The van der Waals surface area contributed by atoms with Gasteiger partial charge in [0.05, 0.1) is 21.1 Å². The number of benzene rings is 1. The van der Waals surface area contributed by atoms with Gasteiger partial charge in [-0.1, -0.05) is 0 Å². The molecule has 0 radical (unpaired) electrons. The number of hydrogen-bond acceptors (Lipinski definition) is 5. The molecule has 1 aromatic heterocycles. The van der Waals surface area contributed by atoms with E-state index in [4.69, 9.17) is 11.6 Å². The second-order valence-electron chi connectivity index (χ2n) is 4.95. The molecule has 3 rings (SSSR count). The number of nitrogens with zero attached hydrogens (tertiary/aromatic N) is 1. The molecule has 2 aromatic rings. The summed E-state index contributed by atoms with van der Waals surface area (Å²) in [5.74, 6) is -0.641. The van der Waals surface area contributed by atoms with Gasteiger partial charge in [-0.2, -0.15) is 0 Å². The maximum atomic E-state index is 12.1. The second-order valence-corrected chi connectivity index (χ2v) is 8.51. The van der Waals surface area contributed by atoms with Crippen LogP contribution in [0.15, 0.2) is 23.7 Å². The van der Waals surface area contributed by atoms with Crippen molar-refractivity contribution in [2.24, 2.45) is 0 Å². The predicted octanol–water partition coefficient (Wildman–Crippen LogP) is 2.13. The smallest absolute Gasteiger partial charge is 0.264 e. The highest BCUT2D eigenvalue weighted by Crippen LogP contribution is 2.47. The number of alkyl halides is 1. The second kappa shape index (κ2) is 4.41. The quantitative estimate of drug-likeness (QED) is 0.875. The van der Waals surface area contributed by atoms with Crippen LogP contribution in [0, 0.1) is 0 Å². The molecule has 5 nitrogen and oxygen atoms in total. The van der Waals surface area contributed by atoms with E-state index in [1.165, 1.54) is 18.3 Å². The summed E-state index contributed by atoms with van der Waals surface area (Å²) in [5, 5.41) is -0.447. The van der Waals surface area contributed by atoms with E-state index in [1.807, 2.05) is 0 Å². The van der Waals surface area contributed by atoms with Gasteiger partial charge >= 0.3 is 0 Å². The van der Waals surface area contributed by atoms with Crippen LogP contribution in [0.3, 0.4) is 0 Å². The normalized spacial score (nSPS) is 25.6. The van der Waals surface area contributed by atoms with E-state index in [0.717, 1.165) is 10.2 Å². The number of carbonyl (C=O) groups is 1. The number of amides is 1. The zero-order valence-corrected chi connectivity index (χ0v) is 12.8. The SMILES string of the molecule is CC1(S(=O)(=O)NC(=O)c2ccc3ncsc3c2)CC1Cl. The molecule has 2 unspecified atom stereocenters. The topological polar surface area (TPSA) is 76.1 Å². The fourth-order valence-electron chi connectivity index (χ4n) is 1.87. The monoisotopic (exact) mass is 330 g/mol. The van der Waals surface area contributed by atoms with Gasteiger partial charge in [0.25, 0.3) is 5.91 Å². The van der Waals surface area contributed by atoms with E-state index in [9.17, 15) is 13.2 Å². The average Bonchev–Trinajstić information content (AvgIpc) is 2.84. The summed E-state index contributed by atoms with van der Waals surface area (Å²) >= 11 is 7.23. The fraction of sp³-hybridized carbons (Fsp3) is 0.333. The lowest BCUT2D eigenvalue weighted by Crippen LogP contribution is -2.39. The summed E-state index contributed by atoms with van der Waals surface area (Å²) in [6.45, 7) is 1.53. The minimum absolute atomic E-state index is 0.292. The fourth-order valence-corrected chi connectivity index (χ4v) is 4.67. The molecular formula is C12H11ClN2O3S2. The van der Waals surface area contributed by atoms with Gasteiger partial charge in [-0.05, 0) is 31.5 Å². The van der Waals surface area contributed by atoms with Gasteiger partial charge in [-0.15, -0.1) is 22.9 Å². The molecule has 0 saturated heterocycles. The zero-order chi connectivity index (χ0) is 14.5. The van der Waals surface area contributed by atoms with Crippen LogP contribution in [0.1, 0.15) is 23.7 Å². The lowest BCUT2D eigenvalue weighted by Gasteiger charge is -2.12. The molecule has 0 bridgehead atoms. The van der Waals surface area contributed by atoms with Crippen molar-refractivity contribution in [2.45, 2.75) is 23.5 Å². The van der Waals surface area contributed by atoms with E-state index in [1.54, 1.807) is 23.7 Å². The zero-order valence-electron chi connectivity index (χ0n) is 10.5. The number of sulfonamides is 1. The van der Waals surface area contributed by atoms with Crippen molar-refractivity contribution in [2.75, 3.05) is 0 Å². The predicted molar refractivity (Wildman–Crippen MR) is 78.7 cm³/mol. The lowest BCUT2D eigenvalue weighted by molar-refractivity contribution is 0.0981. The highest BCUT2D eigenvalue weighted by Gasteiger charge is 2.60. The number of fused-ring (bicyclic) bond motifs is 1. The Hall–Kier alpha value is -1.18. The number of halogens is 1. The number of thiazole rings is 1. The summed E-state index contributed by atoms with van der Waals surface area (Å²) in [4.78, 5) is 16.2. The van der Waals surface area contributed by atoms with Gasteiger partial charge in [0.15, 0.2) is 0 Å². The number of nitrogens with one attached hydrogen (secondary N) is 1. The van der Waals surface area contributed by atoms with E-state index in [0.29, 0.717) is 12.0 Å². The molecule has 1 heterocycles. The first-order valence-electron chi connectivity index (χ1n) is 5.87. The molecule has 106 valence electrons. The van der Waals surface area contributed by atoms with Crippen molar-refractivity contribution in [1.29, 1.82) is 0 Å². The third-order valence-corrected chi connectivity index (χ3v) is 7.21. The third kappa shape index (κ3) is 2.10. The van der Waals surface area contributed by atoms with Crippen LogP contribution < -0.4 is 4.72 Å². The Labute approximate surface area is 125 Å². The van der Waals surface area contributed by atoms with Gasteiger partial charge in [-0.25, -0.2) is 18.1 Å². The van der Waals surface area contributed by atoms with E-state index in [-0.39, 0.29) is 0 Å². The molecule has 1 aromatic carbocycles. The van der Waals surface area contributed by atoms with Crippen LogP contribution in [-0.4, -0.2) is 29.4 Å². The van der Waals surface area contributed by atoms with Gasteiger partial charge in [0, 0.05) is 5.56 Å². The minimum atomic E-state index is -3.77. The summed E-state index contributed by atoms with van der Waals surface area (Å²) < 4.78 is 26.1. The summed E-state index contributed by atoms with van der Waals surface area (Å²) in [6, 6.07) is 4.88. The number of hydrogen-bond donors (Lipinski definition) is 1. The molecule has 1 fully saturated rings. The van der Waals surface area contributed by atoms with E-state index < -0.39 is 26.1 Å². The average molecular weight is 331 g/mol. The van der Waals surface area contributed by atoms with Crippen molar-refractivity contribution < 1.29 is 13.2 Å². The molecule has 1 saturated carbocycles. The molecular weight excluding hydrogens is 320 g/mol. The molecule has 1 aliphatic carbocycles. The van der Waals surface area contributed by atoms with Crippen molar-refractivity contribution in [3.05, 3.63) is 29.3 Å². The van der Waals surface area contributed by atoms with Crippen LogP contribution >= 0.6 is 22.9 Å². The van der Waals surface area contributed by atoms with Crippen molar-refractivity contribution in [1.82, 2.24) is 9.71 Å². The Morgan fingerprint density at radius 3 is 2.90 bits per heavy atom. The summed E-state index contributed by atoms with van der Waals surface area (Å²) in [5.41, 5.74) is 2.75. The molecule has 1 aliphatic rings. The van der Waals surface area contributed by atoms with E-state index >= 15 is 0 Å². The molecule has 8 heteroatoms. The maximum Gasteiger partial charge on any atom is 0.264 e. The highest BCUT2D eigenvalue weighted by molar-refractivity contribution is 7.91. The van der Waals surface area contributed by atoms with Crippen molar-refractivity contribution in [3.63, 3.8) is 0 Å². The number of aromatic nitrogens is 1. The van der Waals surface area contributed by atoms with Crippen LogP contribution in [0.25, 0.3) is 10.2 Å². The lowest BCUT2D eigenvalue weighted by atomic mass is 10.2. The van der Waals surface area contributed by atoms with Gasteiger partial charge in [-0.3, -0.25) is 4.79 Å². The van der Waals surface area contributed by atoms with Crippen LogP contribution in [0.4, 0.5) is 0 Å². The van der Waals surface area contributed by atoms with Crippen LogP contribution in [-0.2, 0) is 10.0 Å². The molecule has 0 spiro atoms. The van der Waals surface area contributed by atoms with Gasteiger partial charge in [0.1, 0.15) is 4.75 Å². The van der Waals surface area contributed by atoms with E-state index in [2.05, 4.69) is 9.71 Å². The first-order valence-corrected chi connectivity index (χ1v) is 8.67. The third-order valence-electron chi connectivity index (χ3n) is 3.52. The first-order chi connectivity index (χ1) is 9.33. The molecule has 2 atom stereocenters. The Bertz CT molecular complexity index is 802. The molecule has 1 amide bonds. The minimum Gasteiger partial charge on any atom is -0.268 e. The molecule has 0 aliphatic heterocycles. The largest absolute Gasteiger partial charge is 0.268 e. The summed E-state index contributed by atoms with van der Waals surface area (Å²) in [6.07, 6.45) is 0.352. The Morgan fingerprint density at radius 1 is 1.55 bits per heavy atom. The molecule has 1 N–H and O–H groups in total. The number of rotatable bonds is 3. The van der Waals surface area contributed by atoms with Crippen LogP contribution in [0.5, 0.6) is 0 Å². The van der Waals surface area contributed by atoms with Gasteiger partial charge < -0.3 is 0 Å².